The first-order valence-corrected chi connectivity index (χ1v) is 7.01. The van der Waals surface area contributed by atoms with Crippen molar-refractivity contribution < 1.29 is 4.74 Å². The summed E-state index contributed by atoms with van der Waals surface area (Å²) in [5, 5.41) is 0.729. The first-order chi connectivity index (χ1) is 9.67. The molecule has 0 aromatic heterocycles. The van der Waals surface area contributed by atoms with E-state index in [9.17, 15) is 0 Å². The number of hydrogen-bond acceptors (Lipinski definition) is 3. The van der Waals surface area contributed by atoms with E-state index in [0.29, 0.717) is 0 Å². The van der Waals surface area contributed by atoms with Gasteiger partial charge in [0.2, 0.25) is 0 Å². The Kier molecular flexibility index (Phi) is 3.45. The van der Waals surface area contributed by atoms with Crippen LogP contribution in [0.3, 0.4) is 0 Å². The van der Waals surface area contributed by atoms with Crippen molar-refractivity contribution in [2.45, 2.75) is 13.0 Å². The van der Waals surface area contributed by atoms with Gasteiger partial charge in [0, 0.05) is 35.1 Å². The fourth-order valence-corrected chi connectivity index (χ4v) is 2.90. The van der Waals surface area contributed by atoms with Crippen LogP contribution in [0.25, 0.3) is 0 Å². The SMILES string of the molecule is COc1ccc(Cl)cc1CN1CCc2ccc(N)cc21. The normalized spacial score (nSPS) is 13.4. The molecular weight excluding hydrogens is 272 g/mol. The average molecular weight is 289 g/mol. The third-order valence-corrected chi connectivity index (χ3v) is 3.94. The zero-order valence-corrected chi connectivity index (χ0v) is 12.2. The Morgan fingerprint density at radius 3 is 2.90 bits per heavy atom. The van der Waals surface area contributed by atoms with Crippen LogP contribution in [-0.4, -0.2) is 13.7 Å². The summed E-state index contributed by atoms with van der Waals surface area (Å²) in [5.41, 5.74) is 10.3. The van der Waals surface area contributed by atoms with Crippen LogP contribution in [0.4, 0.5) is 11.4 Å². The van der Waals surface area contributed by atoms with E-state index < -0.39 is 0 Å². The van der Waals surface area contributed by atoms with Crippen LogP contribution in [0.15, 0.2) is 36.4 Å². The fourth-order valence-electron chi connectivity index (χ4n) is 2.70. The van der Waals surface area contributed by atoms with E-state index in [2.05, 4.69) is 11.0 Å². The van der Waals surface area contributed by atoms with Gasteiger partial charge in [0.05, 0.1) is 7.11 Å². The lowest BCUT2D eigenvalue weighted by Crippen LogP contribution is -2.20. The number of hydrogen-bond donors (Lipinski definition) is 1. The van der Waals surface area contributed by atoms with E-state index in [-0.39, 0.29) is 0 Å². The van der Waals surface area contributed by atoms with Crippen LogP contribution in [-0.2, 0) is 13.0 Å². The molecule has 0 atom stereocenters. The number of ether oxygens (including phenoxy) is 1. The molecule has 20 heavy (non-hydrogen) atoms. The number of nitrogens with zero attached hydrogens (tertiary/aromatic N) is 1. The monoisotopic (exact) mass is 288 g/mol. The van der Waals surface area contributed by atoms with Crippen molar-refractivity contribution in [3.05, 3.63) is 52.5 Å². The zero-order valence-electron chi connectivity index (χ0n) is 11.4. The minimum absolute atomic E-state index is 0.729. The molecule has 0 bridgehead atoms. The largest absolute Gasteiger partial charge is 0.496 e. The number of nitrogens with two attached hydrogens (primary N) is 1. The van der Waals surface area contributed by atoms with Crippen molar-refractivity contribution in [3.8, 4) is 5.75 Å². The standard InChI is InChI=1S/C16H17ClN2O/c1-20-16-5-3-13(17)8-12(16)10-19-7-6-11-2-4-14(18)9-15(11)19/h2-5,8-9H,6-7,10,18H2,1H3. The highest BCUT2D eigenvalue weighted by Gasteiger charge is 2.20. The summed E-state index contributed by atoms with van der Waals surface area (Å²) in [4.78, 5) is 2.32. The molecule has 0 saturated heterocycles. The van der Waals surface area contributed by atoms with Gasteiger partial charge in [0.15, 0.2) is 0 Å². The van der Waals surface area contributed by atoms with Crippen molar-refractivity contribution >= 4 is 23.0 Å². The lowest BCUT2D eigenvalue weighted by molar-refractivity contribution is 0.409. The molecule has 0 spiro atoms. The van der Waals surface area contributed by atoms with E-state index in [1.54, 1.807) is 7.11 Å². The molecule has 0 saturated carbocycles. The predicted octanol–water partition coefficient (Wildman–Crippen LogP) is 3.49. The van der Waals surface area contributed by atoms with E-state index >= 15 is 0 Å². The lowest BCUT2D eigenvalue weighted by atomic mass is 10.1. The molecule has 0 aliphatic carbocycles. The third-order valence-electron chi connectivity index (χ3n) is 3.70. The molecule has 1 aliphatic heterocycles. The van der Waals surface area contributed by atoms with Crippen LogP contribution in [0.2, 0.25) is 5.02 Å². The summed E-state index contributed by atoms with van der Waals surface area (Å²) in [7, 11) is 1.68. The highest BCUT2D eigenvalue weighted by molar-refractivity contribution is 6.30. The van der Waals surface area contributed by atoms with Gasteiger partial charge < -0.3 is 15.4 Å². The first kappa shape index (κ1) is 13.1. The quantitative estimate of drug-likeness (QED) is 0.879. The first-order valence-electron chi connectivity index (χ1n) is 6.63. The maximum atomic E-state index is 6.09. The number of halogens is 1. The Morgan fingerprint density at radius 1 is 1.25 bits per heavy atom. The molecule has 3 rings (SSSR count). The molecule has 104 valence electrons. The number of methoxy groups -OCH3 is 1. The molecule has 2 aromatic rings. The Labute approximate surface area is 123 Å². The lowest BCUT2D eigenvalue weighted by Gasteiger charge is -2.21. The van der Waals surface area contributed by atoms with E-state index in [1.165, 1.54) is 11.3 Å². The Morgan fingerprint density at radius 2 is 2.10 bits per heavy atom. The number of nitrogen functional groups attached to an aromatic ring is 1. The number of fused-ring (bicyclic) bond motifs is 1. The van der Waals surface area contributed by atoms with Gasteiger partial charge >= 0.3 is 0 Å². The second-order valence-corrected chi connectivity index (χ2v) is 5.45. The molecular formula is C16H17ClN2O. The highest BCUT2D eigenvalue weighted by atomic mass is 35.5. The third kappa shape index (κ3) is 2.41. The molecule has 1 aliphatic rings. The molecule has 0 fully saturated rings. The van der Waals surface area contributed by atoms with E-state index in [0.717, 1.165) is 41.5 Å². The van der Waals surface area contributed by atoms with Gasteiger partial charge in [0.1, 0.15) is 5.75 Å². The van der Waals surface area contributed by atoms with Crippen molar-refractivity contribution in [3.63, 3.8) is 0 Å². The molecule has 4 heteroatoms. The van der Waals surface area contributed by atoms with Crippen LogP contribution < -0.4 is 15.4 Å². The van der Waals surface area contributed by atoms with Gasteiger partial charge in [-0.25, -0.2) is 0 Å². The minimum Gasteiger partial charge on any atom is -0.496 e. The molecule has 2 N–H and O–H groups in total. The van der Waals surface area contributed by atoms with Gasteiger partial charge in [0.25, 0.3) is 0 Å². The smallest absolute Gasteiger partial charge is 0.123 e. The summed E-state index contributed by atoms with van der Waals surface area (Å²) >= 11 is 6.09. The van der Waals surface area contributed by atoms with E-state index in [4.69, 9.17) is 22.1 Å². The second kappa shape index (κ2) is 5.25. The molecule has 1 heterocycles. The van der Waals surface area contributed by atoms with Crippen LogP contribution in [0.1, 0.15) is 11.1 Å². The van der Waals surface area contributed by atoms with Gasteiger partial charge in [-0.05, 0) is 42.3 Å². The highest BCUT2D eigenvalue weighted by Crippen LogP contribution is 2.33. The maximum Gasteiger partial charge on any atom is 0.123 e. The Hall–Kier alpha value is -1.87. The van der Waals surface area contributed by atoms with Crippen molar-refractivity contribution in [1.29, 1.82) is 0 Å². The number of rotatable bonds is 3. The van der Waals surface area contributed by atoms with Crippen LogP contribution >= 0.6 is 11.6 Å². The molecule has 3 nitrogen and oxygen atoms in total. The van der Waals surface area contributed by atoms with Crippen molar-refractivity contribution in [2.75, 3.05) is 24.3 Å². The number of benzene rings is 2. The fraction of sp³-hybridized carbons (Fsp3) is 0.250. The average Bonchev–Trinajstić information content (AvgIpc) is 2.82. The molecule has 2 aromatic carbocycles. The van der Waals surface area contributed by atoms with Crippen molar-refractivity contribution in [1.82, 2.24) is 0 Å². The Bertz CT molecular complexity index is 642. The number of anilines is 2. The summed E-state index contributed by atoms with van der Waals surface area (Å²) in [6.07, 6.45) is 1.05. The van der Waals surface area contributed by atoms with Crippen LogP contribution in [0, 0.1) is 0 Å². The summed E-state index contributed by atoms with van der Waals surface area (Å²) in [5.74, 6) is 0.867. The molecule has 0 radical (unpaired) electrons. The Balaban J connectivity index is 1.91. The topological polar surface area (TPSA) is 38.5 Å². The van der Waals surface area contributed by atoms with Crippen molar-refractivity contribution in [2.24, 2.45) is 0 Å². The van der Waals surface area contributed by atoms with E-state index in [1.807, 2.05) is 30.3 Å². The van der Waals surface area contributed by atoms with Gasteiger partial charge in [-0.2, -0.15) is 0 Å². The summed E-state index contributed by atoms with van der Waals surface area (Å²) in [6.45, 7) is 1.77. The summed E-state index contributed by atoms with van der Waals surface area (Å²) < 4.78 is 5.41. The van der Waals surface area contributed by atoms with Gasteiger partial charge in [-0.3, -0.25) is 0 Å². The minimum atomic E-state index is 0.729. The van der Waals surface area contributed by atoms with Gasteiger partial charge in [-0.1, -0.05) is 17.7 Å². The predicted molar refractivity (Wildman–Crippen MR) is 83.6 cm³/mol. The zero-order chi connectivity index (χ0) is 14.1. The molecule has 0 amide bonds. The van der Waals surface area contributed by atoms with Crippen LogP contribution in [0.5, 0.6) is 5.75 Å². The summed E-state index contributed by atoms with van der Waals surface area (Å²) in [6, 6.07) is 11.8. The second-order valence-electron chi connectivity index (χ2n) is 5.02. The maximum absolute atomic E-state index is 6.09. The van der Waals surface area contributed by atoms with Gasteiger partial charge in [-0.15, -0.1) is 0 Å². The molecule has 0 unspecified atom stereocenters.